The second kappa shape index (κ2) is 6.24. The van der Waals surface area contributed by atoms with Crippen LogP contribution in [0.25, 0.3) is 0 Å². The van der Waals surface area contributed by atoms with E-state index in [0.717, 1.165) is 18.6 Å². The fourth-order valence-electron chi connectivity index (χ4n) is 2.74. The lowest BCUT2D eigenvalue weighted by atomic mass is 10.0. The lowest BCUT2D eigenvalue weighted by Gasteiger charge is -2.20. The molecule has 0 aliphatic heterocycles. The molecule has 0 bridgehead atoms. The Morgan fingerprint density at radius 1 is 1.22 bits per heavy atom. The first-order valence-corrected chi connectivity index (χ1v) is 7.08. The van der Waals surface area contributed by atoms with Crippen molar-refractivity contribution < 1.29 is 9.84 Å². The average molecular weight is 248 g/mol. The zero-order chi connectivity index (χ0) is 13.0. The van der Waals surface area contributed by atoms with Crippen molar-refractivity contribution in [3.05, 3.63) is 29.8 Å². The minimum atomic E-state index is -0.312. The molecule has 1 aromatic carbocycles. The summed E-state index contributed by atoms with van der Waals surface area (Å²) in [6, 6.07) is 8.12. The Bertz CT molecular complexity index is 367. The first kappa shape index (κ1) is 13.4. The van der Waals surface area contributed by atoms with Crippen molar-refractivity contribution in [2.75, 3.05) is 6.61 Å². The summed E-state index contributed by atoms with van der Waals surface area (Å²) in [7, 11) is 0. The molecule has 1 aliphatic carbocycles. The Morgan fingerprint density at radius 3 is 2.56 bits per heavy atom. The van der Waals surface area contributed by atoms with Crippen molar-refractivity contribution in [1.29, 1.82) is 0 Å². The van der Waals surface area contributed by atoms with Gasteiger partial charge in [-0.25, -0.2) is 0 Å². The number of aliphatic hydroxyl groups excluding tert-OH is 1. The third-order valence-electron chi connectivity index (χ3n) is 3.89. The molecular formula is C16H24O2. The number of hydrogen-bond acceptors (Lipinski definition) is 2. The third-order valence-corrected chi connectivity index (χ3v) is 3.89. The molecule has 0 aromatic heterocycles. The number of aliphatic hydroxyl groups is 1. The smallest absolute Gasteiger partial charge is 0.122 e. The van der Waals surface area contributed by atoms with Crippen LogP contribution in [0.4, 0.5) is 0 Å². The molecule has 1 atom stereocenters. The van der Waals surface area contributed by atoms with Crippen LogP contribution in [0.3, 0.4) is 0 Å². The highest BCUT2D eigenvalue weighted by Gasteiger charge is 2.23. The molecule has 1 N–H and O–H groups in total. The van der Waals surface area contributed by atoms with Crippen LogP contribution in [-0.2, 0) is 0 Å². The summed E-state index contributed by atoms with van der Waals surface area (Å²) in [6.45, 7) is 4.75. The molecule has 0 radical (unpaired) electrons. The Hall–Kier alpha value is -1.02. The summed E-state index contributed by atoms with van der Waals surface area (Å²) in [5.74, 6) is 1.81. The Morgan fingerprint density at radius 2 is 1.89 bits per heavy atom. The first-order chi connectivity index (χ1) is 8.68. The quantitative estimate of drug-likeness (QED) is 0.860. The van der Waals surface area contributed by atoms with Crippen molar-refractivity contribution in [3.63, 3.8) is 0 Å². The van der Waals surface area contributed by atoms with E-state index in [4.69, 9.17) is 4.74 Å². The van der Waals surface area contributed by atoms with Gasteiger partial charge in [0.1, 0.15) is 12.4 Å². The summed E-state index contributed by atoms with van der Waals surface area (Å²) < 4.78 is 5.82. The lowest BCUT2D eigenvalue weighted by Crippen LogP contribution is -2.25. The van der Waals surface area contributed by atoms with Crippen LogP contribution in [0.15, 0.2) is 24.3 Å². The van der Waals surface area contributed by atoms with Crippen LogP contribution in [0.2, 0.25) is 0 Å². The van der Waals surface area contributed by atoms with E-state index in [-0.39, 0.29) is 6.10 Å². The Balaban J connectivity index is 1.93. The summed E-state index contributed by atoms with van der Waals surface area (Å²) in [4.78, 5) is 0. The molecular weight excluding hydrogens is 224 g/mol. The molecule has 2 nitrogen and oxygen atoms in total. The van der Waals surface area contributed by atoms with Gasteiger partial charge in [0.2, 0.25) is 0 Å². The standard InChI is InChI=1S/C16H24O2/c1-12(2)14-9-5-6-10-16(14)18-11-15(17)13-7-3-4-8-13/h5-6,9-10,12-13,15,17H,3-4,7-8,11H2,1-2H3. The molecule has 1 aromatic rings. The highest BCUT2D eigenvalue weighted by molar-refractivity contribution is 5.35. The molecule has 1 unspecified atom stereocenters. The molecule has 0 amide bonds. The fourth-order valence-corrected chi connectivity index (χ4v) is 2.74. The maximum atomic E-state index is 10.1. The minimum absolute atomic E-state index is 0.312. The monoisotopic (exact) mass is 248 g/mol. The Labute approximate surface area is 110 Å². The van der Waals surface area contributed by atoms with Gasteiger partial charge in [0, 0.05) is 0 Å². The molecule has 2 heteroatoms. The number of ether oxygens (including phenoxy) is 1. The van der Waals surface area contributed by atoms with Gasteiger partial charge in [-0.2, -0.15) is 0 Å². The van der Waals surface area contributed by atoms with Crippen LogP contribution in [-0.4, -0.2) is 17.8 Å². The van der Waals surface area contributed by atoms with Gasteiger partial charge in [-0.05, 0) is 36.3 Å². The summed E-state index contributed by atoms with van der Waals surface area (Å²) >= 11 is 0. The van der Waals surface area contributed by atoms with Gasteiger partial charge >= 0.3 is 0 Å². The molecule has 2 rings (SSSR count). The normalized spacial score (nSPS) is 18.2. The fraction of sp³-hybridized carbons (Fsp3) is 0.625. The van der Waals surface area contributed by atoms with Gasteiger partial charge in [-0.15, -0.1) is 0 Å². The van der Waals surface area contributed by atoms with Gasteiger partial charge in [-0.3, -0.25) is 0 Å². The summed E-state index contributed by atoms with van der Waals surface area (Å²) in [5.41, 5.74) is 1.22. The van der Waals surface area contributed by atoms with E-state index in [2.05, 4.69) is 19.9 Å². The van der Waals surface area contributed by atoms with Gasteiger partial charge in [0.05, 0.1) is 6.10 Å². The van der Waals surface area contributed by atoms with E-state index in [1.807, 2.05) is 18.2 Å². The maximum absolute atomic E-state index is 10.1. The number of hydrogen-bond donors (Lipinski definition) is 1. The van der Waals surface area contributed by atoms with Gasteiger partial charge < -0.3 is 9.84 Å². The van der Waals surface area contributed by atoms with Gasteiger partial charge in [0.15, 0.2) is 0 Å². The summed E-state index contributed by atoms with van der Waals surface area (Å²) in [5, 5.41) is 10.1. The molecule has 1 saturated carbocycles. The van der Waals surface area contributed by atoms with Crippen molar-refractivity contribution in [3.8, 4) is 5.75 Å². The second-order valence-corrected chi connectivity index (χ2v) is 5.62. The van der Waals surface area contributed by atoms with E-state index in [9.17, 15) is 5.11 Å². The van der Waals surface area contributed by atoms with E-state index in [0.29, 0.717) is 18.4 Å². The maximum Gasteiger partial charge on any atom is 0.122 e. The highest BCUT2D eigenvalue weighted by Crippen LogP contribution is 2.29. The highest BCUT2D eigenvalue weighted by atomic mass is 16.5. The molecule has 0 heterocycles. The zero-order valence-corrected chi connectivity index (χ0v) is 11.4. The van der Waals surface area contributed by atoms with Crippen molar-refractivity contribution in [2.24, 2.45) is 5.92 Å². The van der Waals surface area contributed by atoms with E-state index in [1.165, 1.54) is 18.4 Å². The predicted octanol–water partition coefficient (Wildman–Crippen LogP) is 3.74. The molecule has 0 saturated heterocycles. The second-order valence-electron chi connectivity index (χ2n) is 5.62. The first-order valence-electron chi connectivity index (χ1n) is 7.08. The van der Waals surface area contributed by atoms with Crippen LogP contribution in [0, 0.1) is 5.92 Å². The minimum Gasteiger partial charge on any atom is -0.491 e. The van der Waals surface area contributed by atoms with Crippen LogP contribution in [0.5, 0.6) is 5.75 Å². The average Bonchev–Trinajstić information content (AvgIpc) is 2.90. The van der Waals surface area contributed by atoms with Crippen molar-refractivity contribution in [1.82, 2.24) is 0 Å². The van der Waals surface area contributed by atoms with E-state index in [1.54, 1.807) is 0 Å². The lowest BCUT2D eigenvalue weighted by molar-refractivity contribution is 0.0589. The third kappa shape index (κ3) is 3.26. The molecule has 100 valence electrons. The predicted molar refractivity (Wildman–Crippen MR) is 74.0 cm³/mol. The molecule has 1 fully saturated rings. The van der Waals surface area contributed by atoms with Crippen molar-refractivity contribution in [2.45, 2.75) is 51.6 Å². The van der Waals surface area contributed by atoms with E-state index >= 15 is 0 Å². The van der Waals surface area contributed by atoms with Crippen LogP contribution >= 0.6 is 0 Å². The molecule has 0 spiro atoms. The Kier molecular flexibility index (Phi) is 4.65. The SMILES string of the molecule is CC(C)c1ccccc1OCC(O)C1CCCC1. The number of benzene rings is 1. The number of rotatable bonds is 5. The van der Waals surface area contributed by atoms with Gasteiger partial charge in [0.25, 0.3) is 0 Å². The van der Waals surface area contributed by atoms with Crippen LogP contribution < -0.4 is 4.74 Å². The van der Waals surface area contributed by atoms with Crippen LogP contribution in [0.1, 0.15) is 51.0 Å². The molecule has 18 heavy (non-hydrogen) atoms. The van der Waals surface area contributed by atoms with E-state index < -0.39 is 0 Å². The summed E-state index contributed by atoms with van der Waals surface area (Å²) in [6.07, 6.45) is 4.49. The topological polar surface area (TPSA) is 29.5 Å². The largest absolute Gasteiger partial charge is 0.491 e. The van der Waals surface area contributed by atoms with Gasteiger partial charge in [-0.1, -0.05) is 44.9 Å². The zero-order valence-electron chi connectivity index (χ0n) is 11.4. The van der Waals surface area contributed by atoms with Crippen molar-refractivity contribution >= 4 is 0 Å². The number of para-hydroxylation sites is 1. The molecule has 1 aliphatic rings.